The fourth-order valence-electron chi connectivity index (χ4n) is 2.13. The Morgan fingerprint density at radius 2 is 2.13 bits per heavy atom. The quantitative estimate of drug-likeness (QED) is 0.668. The smallest absolute Gasteiger partial charge is 0.234 e. The summed E-state index contributed by atoms with van der Waals surface area (Å²) in [5.74, 6) is -0.245. The largest absolute Gasteiger partial charge is 0.368 e. The van der Waals surface area contributed by atoms with Gasteiger partial charge in [0.1, 0.15) is 0 Å². The zero-order valence-electron chi connectivity index (χ0n) is 10.0. The van der Waals surface area contributed by atoms with Crippen molar-refractivity contribution >= 4 is 5.91 Å². The standard InChI is InChI=1S/C11H23N3O/c1-4-9(10(12)15)13-8-11(14(2)3)6-5-7-11/h9,13H,4-8H2,1-3H3,(H2,12,15). The Hall–Kier alpha value is -0.610. The summed E-state index contributed by atoms with van der Waals surface area (Å²) < 4.78 is 0. The van der Waals surface area contributed by atoms with Crippen molar-refractivity contribution in [3.8, 4) is 0 Å². The second-order valence-electron chi connectivity index (χ2n) is 4.72. The van der Waals surface area contributed by atoms with Crippen molar-refractivity contribution in [2.24, 2.45) is 5.73 Å². The van der Waals surface area contributed by atoms with Crippen molar-refractivity contribution in [1.82, 2.24) is 10.2 Å². The third-order valence-electron chi connectivity index (χ3n) is 3.66. The highest BCUT2D eigenvalue weighted by Gasteiger charge is 2.39. The minimum atomic E-state index is -0.245. The van der Waals surface area contributed by atoms with Gasteiger partial charge in [-0.1, -0.05) is 6.92 Å². The van der Waals surface area contributed by atoms with Crippen molar-refractivity contribution in [2.75, 3.05) is 20.6 Å². The van der Waals surface area contributed by atoms with Crippen molar-refractivity contribution < 1.29 is 4.79 Å². The van der Waals surface area contributed by atoms with Gasteiger partial charge in [0.2, 0.25) is 5.91 Å². The lowest BCUT2D eigenvalue weighted by Gasteiger charge is -2.48. The average Bonchev–Trinajstić information content (AvgIpc) is 2.08. The number of carbonyl (C=O) groups excluding carboxylic acids is 1. The molecule has 1 amide bonds. The molecule has 0 aromatic heterocycles. The topological polar surface area (TPSA) is 58.4 Å². The summed E-state index contributed by atoms with van der Waals surface area (Å²) in [7, 11) is 4.21. The number of hydrogen-bond acceptors (Lipinski definition) is 3. The van der Waals surface area contributed by atoms with E-state index in [1.54, 1.807) is 0 Å². The van der Waals surface area contributed by atoms with Crippen LogP contribution in [0.25, 0.3) is 0 Å². The van der Waals surface area contributed by atoms with E-state index in [0.717, 1.165) is 13.0 Å². The van der Waals surface area contributed by atoms with Crippen LogP contribution >= 0.6 is 0 Å². The molecule has 1 unspecified atom stereocenters. The summed E-state index contributed by atoms with van der Waals surface area (Å²) in [5, 5.41) is 3.28. The molecule has 0 heterocycles. The van der Waals surface area contributed by atoms with E-state index in [1.165, 1.54) is 19.3 Å². The van der Waals surface area contributed by atoms with Gasteiger partial charge >= 0.3 is 0 Å². The molecule has 15 heavy (non-hydrogen) atoms. The molecule has 1 atom stereocenters. The number of nitrogens with two attached hydrogens (primary N) is 1. The van der Waals surface area contributed by atoms with Crippen molar-refractivity contribution in [3.63, 3.8) is 0 Å². The van der Waals surface area contributed by atoms with E-state index in [1.807, 2.05) is 6.92 Å². The van der Waals surface area contributed by atoms with Crippen LogP contribution in [0.1, 0.15) is 32.6 Å². The molecule has 3 N–H and O–H groups in total. The number of likely N-dealkylation sites (N-methyl/N-ethyl adjacent to an activating group) is 1. The van der Waals surface area contributed by atoms with E-state index in [9.17, 15) is 4.79 Å². The first-order chi connectivity index (χ1) is 7.02. The van der Waals surface area contributed by atoms with Crippen LogP contribution in [0, 0.1) is 0 Å². The zero-order valence-corrected chi connectivity index (χ0v) is 10.0. The van der Waals surface area contributed by atoms with E-state index in [0.29, 0.717) is 0 Å². The predicted molar refractivity (Wildman–Crippen MR) is 61.5 cm³/mol. The zero-order chi connectivity index (χ0) is 11.5. The van der Waals surface area contributed by atoms with Gasteiger partial charge in [-0.25, -0.2) is 0 Å². The number of carbonyl (C=O) groups is 1. The van der Waals surface area contributed by atoms with Gasteiger partial charge in [0.25, 0.3) is 0 Å². The molecule has 0 aliphatic heterocycles. The molecule has 0 aromatic carbocycles. The van der Waals surface area contributed by atoms with E-state index in [-0.39, 0.29) is 17.5 Å². The highest BCUT2D eigenvalue weighted by molar-refractivity contribution is 5.79. The highest BCUT2D eigenvalue weighted by atomic mass is 16.1. The Balaban J connectivity index is 2.43. The lowest BCUT2D eigenvalue weighted by molar-refractivity contribution is -0.120. The molecule has 4 heteroatoms. The van der Waals surface area contributed by atoms with E-state index >= 15 is 0 Å². The predicted octanol–water partition coefficient (Wildman–Crippen LogP) is 0.324. The summed E-state index contributed by atoms with van der Waals surface area (Å²) in [6.45, 7) is 2.84. The fourth-order valence-corrected chi connectivity index (χ4v) is 2.13. The number of hydrogen-bond donors (Lipinski definition) is 2. The fraction of sp³-hybridized carbons (Fsp3) is 0.909. The molecular formula is C11H23N3O. The number of rotatable bonds is 6. The molecule has 1 rings (SSSR count). The Bertz CT molecular complexity index is 224. The van der Waals surface area contributed by atoms with Crippen molar-refractivity contribution in [2.45, 2.75) is 44.2 Å². The summed E-state index contributed by atoms with van der Waals surface area (Å²) >= 11 is 0. The first-order valence-corrected chi connectivity index (χ1v) is 5.72. The number of nitrogens with zero attached hydrogens (tertiary/aromatic N) is 1. The second kappa shape index (κ2) is 4.94. The molecule has 1 aliphatic carbocycles. The van der Waals surface area contributed by atoms with Gasteiger partial charge in [0.15, 0.2) is 0 Å². The van der Waals surface area contributed by atoms with E-state index < -0.39 is 0 Å². The van der Waals surface area contributed by atoms with Crippen LogP contribution in [0.3, 0.4) is 0 Å². The van der Waals surface area contributed by atoms with Gasteiger partial charge in [-0.2, -0.15) is 0 Å². The molecule has 0 aromatic rings. The molecular weight excluding hydrogens is 190 g/mol. The normalized spacial score (nSPS) is 21.1. The monoisotopic (exact) mass is 213 g/mol. The van der Waals surface area contributed by atoms with E-state index in [2.05, 4.69) is 24.3 Å². The summed E-state index contributed by atoms with van der Waals surface area (Å²) in [4.78, 5) is 13.3. The number of amides is 1. The van der Waals surface area contributed by atoms with Gasteiger partial charge in [0, 0.05) is 12.1 Å². The van der Waals surface area contributed by atoms with Gasteiger partial charge in [0.05, 0.1) is 6.04 Å². The first kappa shape index (κ1) is 12.5. The summed E-state index contributed by atoms with van der Waals surface area (Å²) in [5.41, 5.74) is 5.55. The maximum absolute atomic E-state index is 11.1. The number of nitrogens with one attached hydrogen (secondary N) is 1. The minimum absolute atomic E-state index is 0.178. The Morgan fingerprint density at radius 3 is 2.40 bits per heavy atom. The Labute approximate surface area is 92.2 Å². The SMILES string of the molecule is CCC(NCC1(N(C)C)CCC1)C(N)=O. The molecule has 1 saturated carbocycles. The van der Waals surface area contributed by atoms with Crippen LogP contribution in [-0.2, 0) is 4.79 Å². The third kappa shape index (κ3) is 2.69. The molecule has 4 nitrogen and oxygen atoms in total. The molecule has 1 fully saturated rings. The Morgan fingerprint density at radius 1 is 1.53 bits per heavy atom. The van der Waals surface area contributed by atoms with Crippen molar-refractivity contribution in [3.05, 3.63) is 0 Å². The van der Waals surface area contributed by atoms with Gasteiger partial charge in [-0.3, -0.25) is 4.79 Å². The van der Waals surface area contributed by atoms with Gasteiger partial charge in [-0.15, -0.1) is 0 Å². The molecule has 88 valence electrons. The minimum Gasteiger partial charge on any atom is -0.368 e. The average molecular weight is 213 g/mol. The lowest BCUT2D eigenvalue weighted by Crippen LogP contribution is -2.59. The molecule has 0 saturated heterocycles. The van der Waals surface area contributed by atoms with Gasteiger partial charge < -0.3 is 16.0 Å². The van der Waals surface area contributed by atoms with Gasteiger partial charge in [-0.05, 0) is 39.8 Å². The maximum atomic E-state index is 11.1. The second-order valence-corrected chi connectivity index (χ2v) is 4.72. The number of primary amides is 1. The van der Waals surface area contributed by atoms with Crippen LogP contribution in [-0.4, -0.2) is 43.0 Å². The summed E-state index contributed by atoms with van der Waals surface area (Å²) in [6, 6.07) is -0.178. The molecule has 0 radical (unpaired) electrons. The molecule has 1 aliphatic rings. The van der Waals surface area contributed by atoms with E-state index in [4.69, 9.17) is 5.73 Å². The lowest BCUT2D eigenvalue weighted by atomic mass is 9.75. The van der Waals surface area contributed by atoms with Crippen LogP contribution in [0.4, 0.5) is 0 Å². The van der Waals surface area contributed by atoms with Crippen molar-refractivity contribution in [1.29, 1.82) is 0 Å². The van der Waals surface area contributed by atoms with Crippen LogP contribution in [0.5, 0.6) is 0 Å². The van der Waals surface area contributed by atoms with Crippen LogP contribution < -0.4 is 11.1 Å². The Kier molecular flexibility index (Phi) is 4.11. The van der Waals surface area contributed by atoms with Crippen LogP contribution in [0.2, 0.25) is 0 Å². The molecule has 0 bridgehead atoms. The highest BCUT2D eigenvalue weighted by Crippen LogP contribution is 2.35. The summed E-state index contributed by atoms with van der Waals surface area (Å²) in [6.07, 6.45) is 4.47. The first-order valence-electron chi connectivity index (χ1n) is 5.72. The molecule has 0 spiro atoms. The maximum Gasteiger partial charge on any atom is 0.234 e. The van der Waals surface area contributed by atoms with Crippen LogP contribution in [0.15, 0.2) is 0 Å². The third-order valence-corrected chi connectivity index (χ3v) is 3.66.